The van der Waals surface area contributed by atoms with E-state index in [4.69, 9.17) is 5.26 Å². The van der Waals surface area contributed by atoms with Gasteiger partial charge in [0.05, 0.1) is 23.1 Å². The molecule has 0 unspecified atom stereocenters. The van der Waals surface area contributed by atoms with Gasteiger partial charge in [-0.3, -0.25) is 9.59 Å². The normalized spacial score (nSPS) is 23.8. The maximum absolute atomic E-state index is 13.4. The first kappa shape index (κ1) is 25.3. The Morgan fingerprint density at radius 3 is 2.26 bits per heavy atom. The molecule has 1 N–H and O–H groups in total. The van der Waals surface area contributed by atoms with Crippen LogP contribution in [0.1, 0.15) is 57.6 Å². The highest BCUT2D eigenvalue weighted by Gasteiger charge is 2.46. The third kappa shape index (κ3) is 5.57. The predicted octanol–water partition coefficient (Wildman–Crippen LogP) is 4.19. The lowest BCUT2D eigenvalue weighted by molar-refractivity contribution is -0.139. The molecule has 3 fully saturated rings. The van der Waals surface area contributed by atoms with E-state index in [-0.39, 0.29) is 41.2 Å². The van der Waals surface area contributed by atoms with Crippen LogP contribution in [0.4, 0.5) is 18.9 Å². The average molecular weight is 491 g/mol. The predicted molar refractivity (Wildman–Crippen MR) is 125 cm³/mol. The van der Waals surface area contributed by atoms with E-state index in [0.717, 1.165) is 31.7 Å². The zero-order valence-electron chi connectivity index (χ0n) is 20.5. The summed E-state index contributed by atoms with van der Waals surface area (Å²) in [5.74, 6) is 0.0449. The first-order chi connectivity index (χ1) is 16.4. The van der Waals surface area contributed by atoms with Gasteiger partial charge in [-0.2, -0.15) is 18.4 Å². The SMILES string of the molecule is CC(C)(C)C(=O)N1C[C@@H](C(=O)NC2CC2)[C@H](C2CCN(c3ccc(C#N)c(C(F)(F)F)c3)CC2)C1. The van der Waals surface area contributed by atoms with Gasteiger partial charge in [-0.1, -0.05) is 20.8 Å². The minimum Gasteiger partial charge on any atom is -0.372 e. The number of halogens is 3. The summed E-state index contributed by atoms with van der Waals surface area (Å²) in [5.41, 5.74) is -1.37. The van der Waals surface area contributed by atoms with Gasteiger partial charge in [-0.15, -0.1) is 0 Å². The molecule has 2 amide bonds. The standard InChI is InChI=1S/C26H33F3N4O2/c1-25(2,3)24(35)33-14-20(21(15-33)23(34)31-18-5-6-18)16-8-10-32(11-9-16)19-7-4-17(13-30)22(12-19)26(27,28)29/h4,7,12,16,18,20-21H,5-6,8-11,14-15H2,1-3H3,(H,31,34)/t20-,21+/m0/s1. The number of nitriles is 1. The second kappa shape index (κ2) is 9.36. The van der Waals surface area contributed by atoms with Gasteiger partial charge < -0.3 is 15.1 Å². The number of amides is 2. The molecule has 0 aromatic heterocycles. The maximum atomic E-state index is 13.4. The number of likely N-dealkylation sites (tertiary alicyclic amines) is 1. The first-order valence-electron chi connectivity index (χ1n) is 12.3. The molecule has 3 aliphatic rings. The average Bonchev–Trinajstić information content (AvgIpc) is 3.50. The van der Waals surface area contributed by atoms with Crippen LogP contribution in [0.25, 0.3) is 0 Å². The van der Waals surface area contributed by atoms with Crippen LogP contribution >= 0.6 is 0 Å². The molecule has 0 radical (unpaired) electrons. The van der Waals surface area contributed by atoms with E-state index in [1.54, 1.807) is 12.1 Å². The Labute approximate surface area is 204 Å². The molecule has 2 atom stereocenters. The molecule has 35 heavy (non-hydrogen) atoms. The van der Waals surface area contributed by atoms with Crippen molar-refractivity contribution < 1.29 is 22.8 Å². The number of hydrogen-bond donors (Lipinski definition) is 1. The van der Waals surface area contributed by atoms with Crippen LogP contribution in [0, 0.1) is 34.5 Å². The quantitative estimate of drug-likeness (QED) is 0.687. The van der Waals surface area contributed by atoms with Gasteiger partial charge in [0.2, 0.25) is 11.8 Å². The molecule has 4 rings (SSSR count). The number of nitrogens with one attached hydrogen (secondary N) is 1. The lowest BCUT2D eigenvalue weighted by Gasteiger charge is -2.37. The Hall–Kier alpha value is -2.76. The van der Waals surface area contributed by atoms with E-state index >= 15 is 0 Å². The van der Waals surface area contributed by atoms with Gasteiger partial charge in [0.1, 0.15) is 0 Å². The van der Waals surface area contributed by atoms with Crippen molar-refractivity contribution in [2.45, 2.75) is 58.7 Å². The van der Waals surface area contributed by atoms with Crippen molar-refractivity contribution >= 4 is 17.5 Å². The van der Waals surface area contributed by atoms with Crippen LogP contribution in [0.5, 0.6) is 0 Å². The molecule has 2 heterocycles. The summed E-state index contributed by atoms with van der Waals surface area (Å²) < 4.78 is 40.2. The molecular weight excluding hydrogens is 457 g/mol. The number of rotatable bonds is 4. The van der Waals surface area contributed by atoms with Crippen LogP contribution in [0.15, 0.2) is 18.2 Å². The van der Waals surface area contributed by atoms with E-state index in [0.29, 0.717) is 31.9 Å². The Morgan fingerprint density at radius 2 is 1.71 bits per heavy atom. The lowest BCUT2D eigenvalue weighted by atomic mass is 9.78. The van der Waals surface area contributed by atoms with Gasteiger partial charge in [0, 0.05) is 43.3 Å². The summed E-state index contributed by atoms with van der Waals surface area (Å²) in [6.07, 6.45) is -1.13. The lowest BCUT2D eigenvalue weighted by Crippen LogP contribution is -2.42. The minimum absolute atomic E-state index is 0.0195. The van der Waals surface area contributed by atoms with Crippen molar-refractivity contribution in [3.05, 3.63) is 29.3 Å². The highest BCUT2D eigenvalue weighted by molar-refractivity contribution is 5.85. The van der Waals surface area contributed by atoms with E-state index in [2.05, 4.69) is 5.32 Å². The zero-order valence-corrected chi connectivity index (χ0v) is 20.5. The number of piperidine rings is 1. The molecule has 2 saturated heterocycles. The Kier molecular flexibility index (Phi) is 6.78. The van der Waals surface area contributed by atoms with E-state index < -0.39 is 17.2 Å². The number of benzene rings is 1. The maximum Gasteiger partial charge on any atom is 0.417 e. The summed E-state index contributed by atoms with van der Waals surface area (Å²) in [6, 6.07) is 5.73. The number of carbonyl (C=O) groups excluding carboxylic acids is 2. The van der Waals surface area contributed by atoms with E-state index in [1.165, 1.54) is 6.07 Å². The Morgan fingerprint density at radius 1 is 1.06 bits per heavy atom. The van der Waals surface area contributed by atoms with Gasteiger partial charge in [-0.25, -0.2) is 0 Å². The molecule has 6 nitrogen and oxygen atoms in total. The Balaban J connectivity index is 1.47. The summed E-state index contributed by atoms with van der Waals surface area (Å²) in [7, 11) is 0. The Bertz CT molecular complexity index is 1010. The molecule has 190 valence electrons. The van der Waals surface area contributed by atoms with Crippen LogP contribution in [0.2, 0.25) is 0 Å². The summed E-state index contributed by atoms with van der Waals surface area (Å²) in [6.45, 7) is 7.74. The highest BCUT2D eigenvalue weighted by Crippen LogP contribution is 2.40. The van der Waals surface area contributed by atoms with Crippen LogP contribution < -0.4 is 10.2 Å². The van der Waals surface area contributed by atoms with Crippen molar-refractivity contribution in [2.75, 3.05) is 31.1 Å². The van der Waals surface area contributed by atoms with Crippen molar-refractivity contribution in [2.24, 2.45) is 23.2 Å². The van der Waals surface area contributed by atoms with E-state index in [9.17, 15) is 22.8 Å². The number of anilines is 1. The fourth-order valence-corrected chi connectivity index (χ4v) is 5.41. The van der Waals surface area contributed by atoms with Gasteiger partial charge in [-0.05, 0) is 55.7 Å². The van der Waals surface area contributed by atoms with Crippen LogP contribution in [0.3, 0.4) is 0 Å². The van der Waals surface area contributed by atoms with Crippen molar-refractivity contribution in [1.29, 1.82) is 5.26 Å². The van der Waals surface area contributed by atoms with Gasteiger partial charge in [0.25, 0.3) is 0 Å². The minimum atomic E-state index is -4.59. The largest absolute Gasteiger partial charge is 0.417 e. The topological polar surface area (TPSA) is 76.4 Å². The summed E-state index contributed by atoms with van der Waals surface area (Å²) in [4.78, 5) is 29.8. The van der Waals surface area contributed by atoms with Crippen molar-refractivity contribution in [3.63, 3.8) is 0 Å². The third-order valence-electron chi connectivity index (χ3n) is 7.49. The van der Waals surface area contributed by atoms with Gasteiger partial charge in [0.15, 0.2) is 0 Å². The number of hydrogen-bond acceptors (Lipinski definition) is 4. The summed E-state index contributed by atoms with van der Waals surface area (Å²) >= 11 is 0. The molecule has 1 aromatic rings. The zero-order chi connectivity index (χ0) is 25.5. The molecule has 1 aromatic carbocycles. The third-order valence-corrected chi connectivity index (χ3v) is 7.49. The van der Waals surface area contributed by atoms with Crippen molar-refractivity contribution in [1.82, 2.24) is 10.2 Å². The van der Waals surface area contributed by atoms with Crippen LogP contribution in [-0.4, -0.2) is 48.9 Å². The van der Waals surface area contributed by atoms with E-state index in [1.807, 2.05) is 30.6 Å². The van der Waals surface area contributed by atoms with Crippen molar-refractivity contribution in [3.8, 4) is 6.07 Å². The number of nitrogens with zero attached hydrogens (tertiary/aromatic N) is 3. The van der Waals surface area contributed by atoms with Gasteiger partial charge >= 0.3 is 6.18 Å². The molecule has 9 heteroatoms. The molecule has 1 aliphatic carbocycles. The number of carbonyl (C=O) groups is 2. The highest BCUT2D eigenvalue weighted by atomic mass is 19.4. The number of alkyl halides is 3. The molecule has 0 bridgehead atoms. The molecular formula is C26H33F3N4O2. The second-order valence-corrected chi connectivity index (χ2v) is 11.2. The first-order valence-corrected chi connectivity index (χ1v) is 12.3. The van der Waals surface area contributed by atoms with Crippen LogP contribution in [-0.2, 0) is 15.8 Å². The molecule has 0 spiro atoms. The fourth-order valence-electron chi connectivity index (χ4n) is 5.41. The fraction of sp³-hybridized carbons (Fsp3) is 0.654. The summed E-state index contributed by atoms with van der Waals surface area (Å²) in [5, 5.41) is 12.2. The molecule has 2 aliphatic heterocycles. The monoisotopic (exact) mass is 490 g/mol. The second-order valence-electron chi connectivity index (χ2n) is 11.2. The molecule has 1 saturated carbocycles. The smallest absolute Gasteiger partial charge is 0.372 e.